The van der Waals surface area contributed by atoms with Gasteiger partial charge in [-0.05, 0) is 49.1 Å². The lowest BCUT2D eigenvalue weighted by Crippen LogP contribution is -2.46. The van der Waals surface area contributed by atoms with Gasteiger partial charge in [0.15, 0.2) is 0 Å². The second-order valence-corrected chi connectivity index (χ2v) is 7.98. The third-order valence-corrected chi connectivity index (χ3v) is 6.27. The Morgan fingerprint density at radius 3 is 2.72 bits per heavy atom. The summed E-state index contributed by atoms with van der Waals surface area (Å²) in [5.74, 6) is -1.30. The number of carbonyl (C=O) groups is 1. The van der Waals surface area contributed by atoms with Crippen molar-refractivity contribution in [2.24, 2.45) is 5.92 Å². The fourth-order valence-electron chi connectivity index (χ4n) is 4.02. The van der Waals surface area contributed by atoms with E-state index in [0.29, 0.717) is 46.2 Å². The smallest absolute Gasteiger partial charge is 0.308 e. The predicted molar refractivity (Wildman–Crippen MR) is 112 cm³/mol. The van der Waals surface area contributed by atoms with Crippen LogP contribution in [-0.2, 0) is 4.79 Å². The normalized spacial score (nSPS) is 19.5. The molecule has 1 aromatic heterocycles. The van der Waals surface area contributed by atoms with E-state index in [1.165, 1.54) is 12.4 Å². The summed E-state index contributed by atoms with van der Waals surface area (Å²) < 4.78 is 14.6. The molecule has 0 bridgehead atoms. The fraction of sp³-hybridized carbons (Fsp3) is 0.286. The van der Waals surface area contributed by atoms with Crippen LogP contribution in [0.1, 0.15) is 19.8 Å². The van der Waals surface area contributed by atoms with E-state index in [0.717, 1.165) is 5.56 Å². The summed E-state index contributed by atoms with van der Waals surface area (Å²) in [7, 11) is 0. The van der Waals surface area contributed by atoms with Crippen LogP contribution in [0.3, 0.4) is 0 Å². The van der Waals surface area contributed by atoms with Crippen molar-refractivity contribution >= 4 is 45.9 Å². The van der Waals surface area contributed by atoms with Gasteiger partial charge in [-0.1, -0.05) is 35.3 Å². The van der Waals surface area contributed by atoms with Crippen LogP contribution in [0, 0.1) is 11.7 Å². The predicted octanol–water partition coefficient (Wildman–Crippen LogP) is 5.43. The Hall–Kier alpha value is -2.44. The molecule has 1 aliphatic heterocycles. The van der Waals surface area contributed by atoms with Crippen molar-refractivity contribution in [1.29, 1.82) is 0 Å². The minimum Gasteiger partial charge on any atom is -0.481 e. The summed E-state index contributed by atoms with van der Waals surface area (Å²) in [6, 6.07) is 7.93. The number of rotatable bonds is 3. The molecule has 4 rings (SSSR count). The van der Waals surface area contributed by atoms with E-state index in [-0.39, 0.29) is 11.6 Å². The number of carboxylic acid groups (broad SMARTS) is 1. The molecule has 2 aromatic carbocycles. The van der Waals surface area contributed by atoms with Crippen LogP contribution in [0.5, 0.6) is 0 Å². The first-order valence-corrected chi connectivity index (χ1v) is 10.0. The molecule has 8 heteroatoms. The van der Waals surface area contributed by atoms with E-state index in [1.54, 1.807) is 24.3 Å². The zero-order valence-corrected chi connectivity index (χ0v) is 17.1. The minimum absolute atomic E-state index is 0.184. The van der Waals surface area contributed by atoms with E-state index < -0.39 is 17.7 Å². The van der Waals surface area contributed by atoms with Gasteiger partial charge in [0.25, 0.3) is 0 Å². The number of halogens is 3. The third kappa shape index (κ3) is 3.51. The first-order valence-electron chi connectivity index (χ1n) is 9.26. The van der Waals surface area contributed by atoms with Crippen LogP contribution < -0.4 is 4.90 Å². The summed E-state index contributed by atoms with van der Waals surface area (Å²) in [6.07, 6.45) is 2.63. The van der Waals surface area contributed by atoms with Gasteiger partial charge >= 0.3 is 5.97 Å². The Bertz CT molecular complexity index is 1110. The van der Waals surface area contributed by atoms with Gasteiger partial charge in [-0.25, -0.2) is 14.4 Å². The van der Waals surface area contributed by atoms with E-state index in [9.17, 15) is 14.3 Å². The number of benzene rings is 2. The van der Waals surface area contributed by atoms with Gasteiger partial charge in [0, 0.05) is 12.6 Å². The number of hydrogen-bond donors (Lipinski definition) is 1. The van der Waals surface area contributed by atoms with Crippen molar-refractivity contribution in [3.63, 3.8) is 0 Å². The maximum absolute atomic E-state index is 14.6. The Morgan fingerprint density at radius 1 is 1.21 bits per heavy atom. The molecule has 5 nitrogen and oxygen atoms in total. The van der Waals surface area contributed by atoms with Crippen molar-refractivity contribution in [2.75, 3.05) is 11.4 Å². The molecule has 1 aliphatic rings. The number of fused-ring (bicyclic) bond motifs is 1. The standard InChI is InChI=1S/C21H18Cl2FN3O2/c1-11-13(21(28)29)3-2-8-27(11)20-18-14(12-4-6-15(22)16(23)9-12)5-7-17(24)19(18)25-10-26-20/h4-7,9-11,13H,2-3,8H2,1H3,(H,28,29). The van der Waals surface area contributed by atoms with Crippen LogP contribution in [0.2, 0.25) is 10.0 Å². The van der Waals surface area contributed by atoms with Crippen molar-refractivity contribution in [3.05, 3.63) is 52.5 Å². The van der Waals surface area contributed by atoms with Gasteiger partial charge in [0.2, 0.25) is 0 Å². The highest BCUT2D eigenvalue weighted by Crippen LogP contribution is 2.39. The monoisotopic (exact) mass is 433 g/mol. The van der Waals surface area contributed by atoms with Crippen LogP contribution in [0.4, 0.5) is 10.2 Å². The molecular weight excluding hydrogens is 416 g/mol. The van der Waals surface area contributed by atoms with Gasteiger partial charge in [0.05, 0.1) is 21.3 Å². The van der Waals surface area contributed by atoms with Gasteiger partial charge in [-0.2, -0.15) is 0 Å². The molecule has 29 heavy (non-hydrogen) atoms. The number of piperidine rings is 1. The molecule has 3 aromatic rings. The van der Waals surface area contributed by atoms with Gasteiger partial charge in [-0.3, -0.25) is 4.79 Å². The maximum Gasteiger partial charge on any atom is 0.308 e. The molecule has 1 N–H and O–H groups in total. The first kappa shape index (κ1) is 19.9. The van der Waals surface area contributed by atoms with Crippen LogP contribution in [0.15, 0.2) is 36.7 Å². The molecule has 0 radical (unpaired) electrons. The van der Waals surface area contributed by atoms with E-state index in [4.69, 9.17) is 23.2 Å². The van der Waals surface area contributed by atoms with Gasteiger partial charge < -0.3 is 10.0 Å². The highest BCUT2D eigenvalue weighted by atomic mass is 35.5. The molecule has 2 heterocycles. The minimum atomic E-state index is -0.837. The van der Waals surface area contributed by atoms with Crippen LogP contribution >= 0.6 is 23.2 Å². The Morgan fingerprint density at radius 2 is 2.00 bits per heavy atom. The number of aliphatic carboxylic acids is 1. The number of anilines is 1. The zero-order chi connectivity index (χ0) is 20.7. The van der Waals surface area contributed by atoms with Crippen LogP contribution in [-0.4, -0.2) is 33.6 Å². The van der Waals surface area contributed by atoms with Crippen molar-refractivity contribution in [3.8, 4) is 11.1 Å². The molecule has 0 aliphatic carbocycles. The van der Waals surface area contributed by atoms with Crippen LogP contribution in [0.25, 0.3) is 22.0 Å². The van der Waals surface area contributed by atoms with Crippen molar-refractivity contribution < 1.29 is 14.3 Å². The SMILES string of the molecule is CC1C(C(=O)O)CCCN1c1ncnc2c(F)ccc(-c3ccc(Cl)c(Cl)c3)c12. The average molecular weight is 434 g/mol. The lowest BCUT2D eigenvalue weighted by atomic mass is 9.89. The Labute approximate surface area is 177 Å². The first-order chi connectivity index (χ1) is 13.9. The summed E-state index contributed by atoms with van der Waals surface area (Å²) in [4.78, 5) is 22.2. The Balaban J connectivity index is 1.94. The largest absolute Gasteiger partial charge is 0.481 e. The average Bonchev–Trinajstić information content (AvgIpc) is 2.70. The van der Waals surface area contributed by atoms with Gasteiger partial charge in [-0.15, -0.1) is 0 Å². The molecule has 1 saturated heterocycles. The number of carboxylic acids is 1. The van der Waals surface area contributed by atoms with Crippen molar-refractivity contribution in [2.45, 2.75) is 25.8 Å². The van der Waals surface area contributed by atoms with Crippen molar-refractivity contribution in [1.82, 2.24) is 9.97 Å². The molecule has 0 amide bonds. The summed E-state index contributed by atoms with van der Waals surface area (Å²) in [5, 5.41) is 10.9. The molecule has 150 valence electrons. The molecular formula is C21H18Cl2FN3O2. The number of nitrogens with zero attached hydrogens (tertiary/aromatic N) is 3. The zero-order valence-electron chi connectivity index (χ0n) is 15.6. The molecule has 2 unspecified atom stereocenters. The summed E-state index contributed by atoms with van der Waals surface area (Å²) >= 11 is 12.2. The summed E-state index contributed by atoms with van der Waals surface area (Å²) in [6.45, 7) is 2.50. The van der Waals surface area contributed by atoms with E-state index >= 15 is 0 Å². The Kier molecular flexibility index (Phi) is 5.32. The highest BCUT2D eigenvalue weighted by Gasteiger charge is 2.34. The lowest BCUT2D eigenvalue weighted by molar-refractivity contribution is -0.143. The van der Waals surface area contributed by atoms with Gasteiger partial charge in [0.1, 0.15) is 23.5 Å². The molecule has 2 atom stereocenters. The summed E-state index contributed by atoms with van der Waals surface area (Å²) in [5.41, 5.74) is 1.64. The maximum atomic E-state index is 14.6. The number of aromatic nitrogens is 2. The second-order valence-electron chi connectivity index (χ2n) is 7.17. The topological polar surface area (TPSA) is 66.3 Å². The number of hydrogen-bond acceptors (Lipinski definition) is 4. The second kappa shape index (κ2) is 7.76. The highest BCUT2D eigenvalue weighted by molar-refractivity contribution is 6.42. The van der Waals surface area contributed by atoms with E-state index in [1.807, 2.05) is 11.8 Å². The molecule has 0 saturated carbocycles. The third-order valence-electron chi connectivity index (χ3n) is 5.53. The lowest BCUT2D eigenvalue weighted by Gasteiger charge is -2.39. The molecule has 1 fully saturated rings. The molecule has 0 spiro atoms. The fourth-order valence-corrected chi connectivity index (χ4v) is 4.32. The van der Waals surface area contributed by atoms with E-state index in [2.05, 4.69) is 9.97 Å². The quantitative estimate of drug-likeness (QED) is 0.595.